The average Bonchev–Trinajstić information content (AvgIpc) is 3.29. The van der Waals surface area contributed by atoms with Gasteiger partial charge < -0.3 is 9.15 Å². The van der Waals surface area contributed by atoms with Crippen LogP contribution >= 0.6 is 11.6 Å². The highest BCUT2D eigenvalue weighted by Gasteiger charge is 2.28. The summed E-state index contributed by atoms with van der Waals surface area (Å²) in [6, 6.07) is 8.29. The monoisotopic (exact) mass is 503 g/mol. The first-order chi connectivity index (χ1) is 16.2. The van der Waals surface area contributed by atoms with E-state index < -0.39 is 27.7 Å². The van der Waals surface area contributed by atoms with Crippen LogP contribution in [0.1, 0.15) is 49.3 Å². The Morgan fingerprint density at radius 1 is 1.18 bits per heavy atom. The number of hydrogen-bond donors (Lipinski definition) is 1. The van der Waals surface area contributed by atoms with Gasteiger partial charge in [0.25, 0.3) is 0 Å². The number of ether oxygens (including phenoxy) is 1. The summed E-state index contributed by atoms with van der Waals surface area (Å²) in [6.45, 7) is 3.80. The molecule has 0 radical (unpaired) electrons. The molecule has 0 amide bonds. The van der Waals surface area contributed by atoms with Gasteiger partial charge in [-0.2, -0.15) is 4.72 Å². The Morgan fingerprint density at radius 2 is 1.88 bits per heavy atom. The number of unbranched alkanes of at least 4 members (excludes halogenated alkanes) is 1. The minimum Gasteiger partial charge on any atom is -0.424 e. The minimum absolute atomic E-state index is 0.0105. The van der Waals surface area contributed by atoms with Gasteiger partial charge in [-0.25, -0.2) is 18.0 Å². The van der Waals surface area contributed by atoms with Gasteiger partial charge >= 0.3 is 11.6 Å². The van der Waals surface area contributed by atoms with Gasteiger partial charge in [0.15, 0.2) is 5.75 Å². The van der Waals surface area contributed by atoms with Gasteiger partial charge in [-0.1, -0.05) is 49.1 Å². The molecule has 1 N–H and O–H groups in total. The van der Waals surface area contributed by atoms with Crippen molar-refractivity contribution in [3.05, 3.63) is 68.5 Å². The van der Waals surface area contributed by atoms with Crippen LogP contribution in [0.5, 0.6) is 5.75 Å². The van der Waals surface area contributed by atoms with Crippen molar-refractivity contribution < 1.29 is 22.4 Å². The molecule has 2 aromatic carbocycles. The number of hydrogen-bond acceptors (Lipinski definition) is 6. The largest absolute Gasteiger partial charge is 0.424 e. The van der Waals surface area contributed by atoms with Crippen LogP contribution in [0.15, 0.2) is 50.5 Å². The maximum atomic E-state index is 13.0. The highest BCUT2D eigenvalue weighted by Crippen LogP contribution is 2.35. The number of sulfonamides is 1. The van der Waals surface area contributed by atoms with E-state index in [-0.39, 0.29) is 27.7 Å². The van der Waals surface area contributed by atoms with Crippen molar-refractivity contribution in [1.82, 2.24) is 4.72 Å². The minimum atomic E-state index is -3.94. The van der Waals surface area contributed by atoms with E-state index in [9.17, 15) is 18.0 Å². The molecule has 0 saturated heterocycles. The second-order valence-electron chi connectivity index (χ2n) is 8.53. The fourth-order valence-electron chi connectivity index (χ4n) is 4.15. The SMILES string of the molecule is CCCC[C@@H](NS(=O)(=O)c1ccc(C)cc1)C(=O)Oc1cc2oc(=O)c3c(c2cc1Cl)CCC3. The molecule has 180 valence electrons. The van der Waals surface area contributed by atoms with Gasteiger partial charge in [0.05, 0.1) is 9.92 Å². The zero-order valence-corrected chi connectivity index (χ0v) is 20.6. The number of carbonyl (C=O) groups excluding carboxylic acids is 1. The van der Waals surface area contributed by atoms with Gasteiger partial charge in [-0.3, -0.25) is 0 Å². The second-order valence-corrected chi connectivity index (χ2v) is 10.7. The van der Waals surface area contributed by atoms with Gasteiger partial charge in [-0.05, 0) is 56.4 Å². The molecule has 0 bridgehead atoms. The molecule has 0 saturated carbocycles. The van der Waals surface area contributed by atoms with E-state index in [1.54, 1.807) is 18.2 Å². The molecule has 0 spiro atoms. The number of rotatable bonds is 8. The first-order valence-electron chi connectivity index (χ1n) is 11.3. The third kappa shape index (κ3) is 5.04. The Kier molecular flexibility index (Phi) is 7.12. The van der Waals surface area contributed by atoms with Gasteiger partial charge in [0.2, 0.25) is 10.0 Å². The Balaban J connectivity index is 1.61. The summed E-state index contributed by atoms with van der Waals surface area (Å²) in [5.41, 5.74) is 2.38. The van der Waals surface area contributed by atoms with Crippen molar-refractivity contribution in [3.8, 4) is 5.75 Å². The fourth-order valence-corrected chi connectivity index (χ4v) is 5.57. The maximum Gasteiger partial charge on any atom is 0.339 e. The van der Waals surface area contributed by atoms with Crippen molar-refractivity contribution >= 4 is 38.6 Å². The summed E-state index contributed by atoms with van der Waals surface area (Å²) in [4.78, 5) is 25.4. The maximum absolute atomic E-state index is 13.0. The molecule has 1 aliphatic carbocycles. The summed E-state index contributed by atoms with van der Waals surface area (Å²) in [6.07, 6.45) is 3.93. The quantitative estimate of drug-likeness (QED) is 0.272. The van der Waals surface area contributed by atoms with Crippen LogP contribution in [0.2, 0.25) is 5.02 Å². The summed E-state index contributed by atoms with van der Waals surface area (Å²) < 4.78 is 39.1. The number of benzene rings is 2. The normalized spacial score (nSPS) is 14.2. The van der Waals surface area contributed by atoms with Gasteiger partial charge in [0.1, 0.15) is 11.6 Å². The lowest BCUT2D eigenvalue weighted by Crippen LogP contribution is -2.43. The summed E-state index contributed by atoms with van der Waals surface area (Å²) in [5, 5.41) is 0.902. The molecule has 1 atom stereocenters. The van der Waals surface area contributed by atoms with Crippen molar-refractivity contribution in [1.29, 1.82) is 0 Å². The molecule has 0 unspecified atom stereocenters. The lowest BCUT2D eigenvalue weighted by Gasteiger charge is -2.18. The molecular formula is C25H26ClNO6S. The summed E-state index contributed by atoms with van der Waals surface area (Å²) in [5.74, 6) is -0.773. The molecule has 4 rings (SSSR count). The van der Waals surface area contributed by atoms with Crippen LogP contribution in [0.4, 0.5) is 0 Å². The summed E-state index contributed by atoms with van der Waals surface area (Å²) >= 11 is 6.41. The molecule has 34 heavy (non-hydrogen) atoms. The van der Waals surface area contributed by atoms with Crippen molar-refractivity contribution in [2.24, 2.45) is 0 Å². The molecule has 1 aromatic heterocycles. The molecule has 0 fully saturated rings. The molecular weight excluding hydrogens is 478 g/mol. The summed E-state index contributed by atoms with van der Waals surface area (Å²) in [7, 11) is -3.94. The highest BCUT2D eigenvalue weighted by molar-refractivity contribution is 7.89. The average molecular weight is 504 g/mol. The van der Waals surface area contributed by atoms with E-state index in [2.05, 4.69) is 4.72 Å². The fraction of sp³-hybridized carbons (Fsp3) is 0.360. The van der Waals surface area contributed by atoms with E-state index in [1.807, 2.05) is 13.8 Å². The second kappa shape index (κ2) is 9.90. The Hall–Kier alpha value is -2.68. The zero-order valence-electron chi connectivity index (χ0n) is 19.0. The molecule has 1 heterocycles. The zero-order chi connectivity index (χ0) is 24.5. The van der Waals surface area contributed by atoms with Crippen molar-refractivity contribution in [2.45, 2.75) is 63.3 Å². The predicted molar refractivity (Wildman–Crippen MR) is 130 cm³/mol. The molecule has 7 nitrogen and oxygen atoms in total. The number of aryl methyl sites for hydroxylation is 2. The van der Waals surface area contributed by atoms with E-state index in [1.165, 1.54) is 18.2 Å². The van der Waals surface area contributed by atoms with E-state index in [4.69, 9.17) is 20.8 Å². The standard InChI is InChI=1S/C25H26ClNO6S/c1-3-4-8-21(27-34(30,31)16-11-9-15(2)10-12-16)25(29)33-23-14-22-19(13-20(23)26)17-6-5-7-18(17)24(28)32-22/h9-14,21,27H,3-8H2,1-2H3/t21-/m1/s1. The molecule has 9 heteroatoms. The van der Waals surface area contributed by atoms with Crippen molar-refractivity contribution in [3.63, 3.8) is 0 Å². The number of esters is 1. The first kappa shape index (κ1) is 24.4. The third-order valence-corrected chi connectivity index (χ3v) is 7.78. The van der Waals surface area contributed by atoms with Crippen LogP contribution in [-0.2, 0) is 27.7 Å². The predicted octanol–water partition coefficient (Wildman–Crippen LogP) is 4.69. The van der Waals surface area contributed by atoms with Crippen LogP contribution in [0, 0.1) is 6.92 Å². The number of halogens is 1. The lowest BCUT2D eigenvalue weighted by molar-refractivity contribution is -0.136. The topological polar surface area (TPSA) is 103 Å². The van der Waals surface area contributed by atoms with Crippen molar-refractivity contribution in [2.75, 3.05) is 0 Å². The van der Waals surface area contributed by atoms with Crippen LogP contribution in [-0.4, -0.2) is 20.4 Å². The third-order valence-electron chi connectivity index (χ3n) is 6.00. The van der Waals surface area contributed by atoms with Crippen LogP contribution < -0.4 is 15.1 Å². The molecule has 0 aliphatic heterocycles. The highest BCUT2D eigenvalue weighted by atomic mass is 35.5. The van der Waals surface area contributed by atoms with Crippen LogP contribution in [0.3, 0.4) is 0 Å². The Labute approximate surface area is 203 Å². The van der Waals surface area contributed by atoms with Gasteiger partial charge in [0, 0.05) is 17.0 Å². The van der Waals surface area contributed by atoms with Crippen LogP contribution in [0.25, 0.3) is 11.0 Å². The molecule has 3 aromatic rings. The number of fused-ring (bicyclic) bond motifs is 3. The number of carbonyl (C=O) groups is 1. The first-order valence-corrected chi connectivity index (χ1v) is 13.1. The number of nitrogens with one attached hydrogen (secondary N) is 1. The van der Waals surface area contributed by atoms with E-state index >= 15 is 0 Å². The smallest absolute Gasteiger partial charge is 0.339 e. The van der Waals surface area contributed by atoms with E-state index in [0.29, 0.717) is 18.4 Å². The lowest BCUT2D eigenvalue weighted by atomic mass is 10.1. The Bertz CT molecular complexity index is 1400. The Morgan fingerprint density at radius 3 is 2.59 bits per heavy atom. The van der Waals surface area contributed by atoms with E-state index in [0.717, 1.165) is 35.8 Å². The van der Waals surface area contributed by atoms with Gasteiger partial charge in [-0.15, -0.1) is 0 Å². The molecule has 1 aliphatic rings.